The topological polar surface area (TPSA) is 42.5 Å². The average Bonchev–Trinajstić information content (AvgIpc) is 2.66. The van der Waals surface area contributed by atoms with E-state index in [1.165, 1.54) is 11.1 Å². The molecule has 0 atom stereocenters. The lowest BCUT2D eigenvalue weighted by molar-refractivity contribution is 0.354. The van der Waals surface area contributed by atoms with Gasteiger partial charge in [-0.1, -0.05) is 36.4 Å². The first kappa shape index (κ1) is 19.1. The Hall–Kier alpha value is -2.27. The number of thiocarbonyl (C=S) groups is 1. The van der Waals surface area contributed by atoms with Crippen LogP contribution in [0.2, 0.25) is 0 Å². The molecule has 4 nitrogen and oxygen atoms in total. The summed E-state index contributed by atoms with van der Waals surface area (Å²) in [5.41, 5.74) is 2.54. The van der Waals surface area contributed by atoms with Crippen LogP contribution in [-0.2, 0) is 12.8 Å². The highest BCUT2D eigenvalue weighted by Gasteiger charge is 2.04. The second kappa shape index (κ2) is 10.6. The molecule has 0 spiro atoms. The van der Waals surface area contributed by atoms with Crippen LogP contribution in [0.4, 0.5) is 0 Å². The first-order valence-electron chi connectivity index (χ1n) is 8.49. The standard InChI is InChI=1S/C20H26N2O2S/c1-23-18-11-10-17(15-19(18)24-2)12-14-22-20(25)21-13-6-9-16-7-4-3-5-8-16/h3-5,7-8,10-11,15H,6,9,12-14H2,1-2H3,(H2,21,22,25). The van der Waals surface area contributed by atoms with Gasteiger partial charge in [0.2, 0.25) is 0 Å². The molecule has 2 aromatic rings. The van der Waals surface area contributed by atoms with Crippen molar-refractivity contribution in [1.82, 2.24) is 10.6 Å². The summed E-state index contributed by atoms with van der Waals surface area (Å²) in [6.45, 7) is 1.65. The Kier molecular flexibility index (Phi) is 8.05. The van der Waals surface area contributed by atoms with Crippen LogP contribution in [-0.4, -0.2) is 32.4 Å². The van der Waals surface area contributed by atoms with Crippen molar-refractivity contribution >= 4 is 17.3 Å². The van der Waals surface area contributed by atoms with Crippen LogP contribution in [0.15, 0.2) is 48.5 Å². The van der Waals surface area contributed by atoms with Crippen LogP contribution in [0, 0.1) is 0 Å². The third kappa shape index (κ3) is 6.63. The molecule has 5 heteroatoms. The van der Waals surface area contributed by atoms with Gasteiger partial charge in [-0.3, -0.25) is 0 Å². The smallest absolute Gasteiger partial charge is 0.166 e. The minimum atomic E-state index is 0.702. The molecule has 0 aromatic heterocycles. The Morgan fingerprint density at radius 2 is 1.56 bits per heavy atom. The number of methoxy groups -OCH3 is 2. The van der Waals surface area contributed by atoms with E-state index in [0.717, 1.165) is 43.9 Å². The van der Waals surface area contributed by atoms with E-state index in [-0.39, 0.29) is 0 Å². The van der Waals surface area contributed by atoms with Crippen LogP contribution in [0.1, 0.15) is 17.5 Å². The molecule has 0 aliphatic heterocycles. The van der Waals surface area contributed by atoms with Gasteiger partial charge in [0.1, 0.15) is 0 Å². The van der Waals surface area contributed by atoms with Gasteiger partial charge in [0, 0.05) is 13.1 Å². The van der Waals surface area contributed by atoms with Gasteiger partial charge in [0.15, 0.2) is 16.6 Å². The Bertz CT molecular complexity index is 662. The molecule has 0 aliphatic rings. The molecule has 0 bridgehead atoms. The molecule has 0 saturated carbocycles. The number of hydrogen-bond acceptors (Lipinski definition) is 3. The third-order valence-corrected chi connectivity index (χ3v) is 4.21. The normalized spacial score (nSPS) is 10.2. The molecule has 2 N–H and O–H groups in total. The van der Waals surface area contributed by atoms with Gasteiger partial charge >= 0.3 is 0 Å². The zero-order valence-corrected chi connectivity index (χ0v) is 15.7. The van der Waals surface area contributed by atoms with Gasteiger partial charge in [-0.2, -0.15) is 0 Å². The number of ether oxygens (including phenoxy) is 2. The molecular weight excluding hydrogens is 332 g/mol. The summed E-state index contributed by atoms with van der Waals surface area (Å²) in [4.78, 5) is 0. The molecule has 134 valence electrons. The first-order valence-corrected chi connectivity index (χ1v) is 8.90. The molecule has 0 heterocycles. The van der Waals surface area contributed by atoms with E-state index in [1.807, 2.05) is 24.3 Å². The molecule has 0 saturated heterocycles. The summed E-state index contributed by atoms with van der Waals surface area (Å²) >= 11 is 5.32. The summed E-state index contributed by atoms with van der Waals surface area (Å²) < 4.78 is 10.6. The largest absolute Gasteiger partial charge is 0.493 e. The molecule has 0 unspecified atom stereocenters. The Morgan fingerprint density at radius 1 is 0.840 bits per heavy atom. The van der Waals surface area contributed by atoms with Crippen molar-refractivity contribution < 1.29 is 9.47 Å². The molecule has 2 aromatic carbocycles. The van der Waals surface area contributed by atoms with Crippen LogP contribution in [0.25, 0.3) is 0 Å². The van der Waals surface area contributed by atoms with Crippen LogP contribution < -0.4 is 20.1 Å². The Labute approximate surface area is 155 Å². The van der Waals surface area contributed by atoms with E-state index in [9.17, 15) is 0 Å². The summed E-state index contributed by atoms with van der Waals surface area (Å²) in [7, 11) is 3.29. The number of hydrogen-bond donors (Lipinski definition) is 2. The van der Waals surface area contributed by atoms with Gasteiger partial charge in [-0.25, -0.2) is 0 Å². The fourth-order valence-corrected chi connectivity index (χ4v) is 2.76. The molecule has 0 fully saturated rings. The fourth-order valence-electron chi connectivity index (χ4n) is 2.56. The predicted octanol–water partition coefficient (Wildman–Crippen LogP) is 3.34. The Balaban J connectivity index is 1.63. The van der Waals surface area contributed by atoms with E-state index >= 15 is 0 Å². The summed E-state index contributed by atoms with van der Waals surface area (Å²) in [5.74, 6) is 1.50. The van der Waals surface area contributed by atoms with Gasteiger partial charge in [-0.05, 0) is 54.7 Å². The van der Waals surface area contributed by atoms with Crippen molar-refractivity contribution in [3.05, 3.63) is 59.7 Å². The number of rotatable bonds is 9. The van der Waals surface area contributed by atoms with E-state index in [1.54, 1.807) is 14.2 Å². The lowest BCUT2D eigenvalue weighted by atomic mass is 10.1. The van der Waals surface area contributed by atoms with Crippen LogP contribution in [0.3, 0.4) is 0 Å². The second-order valence-electron chi connectivity index (χ2n) is 5.71. The van der Waals surface area contributed by atoms with Gasteiger partial charge in [0.25, 0.3) is 0 Å². The summed E-state index contributed by atoms with van der Waals surface area (Å²) in [6.07, 6.45) is 2.98. The highest BCUT2D eigenvalue weighted by atomic mass is 32.1. The van der Waals surface area contributed by atoms with Gasteiger partial charge in [-0.15, -0.1) is 0 Å². The fraction of sp³-hybridized carbons (Fsp3) is 0.350. The summed E-state index contributed by atoms with van der Waals surface area (Å²) in [6, 6.07) is 16.5. The second-order valence-corrected chi connectivity index (χ2v) is 6.12. The van der Waals surface area contributed by atoms with Crippen molar-refractivity contribution in [3.63, 3.8) is 0 Å². The van der Waals surface area contributed by atoms with E-state index in [0.29, 0.717) is 5.11 Å². The maximum Gasteiger partial charge on any atom is 0.166 e. The van der Waals surface area contributed by atoms with Gasteiger partial charge in [0.05, 0.1) is 14.2 Å². The van der Waals surface area contributed by atoms with Gasteiger partial charge < -0.3 is 20.1 Å². The molecule has 25 heavy (non-hydrogen) atoms. The minimum Gasteiger partial charge on any atom is -0.493 e. The van der Waals surface area contributed by atoms with Crippen molar-refractivity contribution in [1.29, 1.82) is 0 Å². The monoisotopic (exact) mass is 358 g/mol. The first-order chi connectivity index (χ1) is 12.2. The van der Waals surface area contributed by atoms with Crippen molar-refractivity contribution in [3.8, 4) is 11.5 Å². The van der Waals surface area contributed by atoms with E-state index < -0.39 is 0 Å². The lowest BCUT2D eigenvalue weighted by Crippen LogP contribution is -2.36. The quantitative estimate of drug-likeness (QED) is 0.532. The number of aryl methyl sites for hydroxylation is 1. The average molecular weight is 359 g/mol. The lowest BCUT2D eigenvalue weighted by Gasteiger charge is -2.12. The number of benzene rings is 2. The Morgan fingerprint density at radius 3 is 2.28 bits per heavy atom. The summed E-state index contributed by atoms with van der Waals surface area (Å²) in [5, 5.41) is 7.20. The van der Waals surface area contributed by atoms with Crippen molar-refractivity contribution in [2.75, 3.05) is 27.3 Å². The van der Waals surface area contributed by atoms with Crippen LogP contribution in [0.5, 0.6) is 11.5 Å². The minimum absolute atomic E-state index is 0.702. The molecular formula is C20H26N2O2S. The molecule has 0 aliphatic carbocycles. The zero-order chi connectivity index (χ0) is 17.9. The maximum atomic E-state index is 5.32. The molecule has 0 amide bonds. The zero-order valence-electron chi connectivity index (χ0n) is 14.9. The van der Waals surface area contributed by atoms with Crippen molar-refractivity contribution in [2.45, 2.75) is 19.3 Å². The molecule has 2 rings (SSSR count). The van der Waals surface area contributed by atoms with E-state index in [4.69, 9.17) is 21.7 Å². The third-order valence-electron chi connectivity index (χ3n) is 3.92. The molecule has 0 radical (unpaired) electrons. The highest BCUT2D eigenvalue weighted by molar-refractivity contribution is 7.80. The SMILES string of the molecule is COc1ccc(CCNC(=S)NCCCc2ccccc2)cc1OC. The highest BCUT2D eigenvalue weighted by Crippen LogP contribution is 2.27. The van der Waals surface area contributed by atoms with Crippen LogP contribution >= 0.6 is 12.2 Å². The van der Waals surface area contributed by atoms with E-state index in [2.05, 4.69) is 34.9 Å². The maximum absolute atomic E-state index is 5.32. The van der Waals surface area contributed by atoms with Crippen molar-refractivity contribution in [2.24, 2.45) is 0 Å². The predicted molar refractivity (Wildman–Crippen MR) is 107 cm³/mol. The number of nitrogens with one attached hydrogen (secondary N) is 2.